The summed E-state index contributed by atoms with van der Waals surface area (Å²) >= 11 is 1.81. The van der Waals surface area contributed by atoms with Crippen molar-refractivity contribution in [3.63, 3.8) is 0 Å². The first-order chi connectivity index (χ1) is 15.1. The van der Waals surface area contributed by atoms with Gasteiger partial charge in [0.25, 0.3) is 0 Å². The fraction of sp³-hybridized carbons (Fsp3) is 0.217. The molecule has 2 aromatic heterocycles. The lowest BCUT2D eigenvalue weighted by molar-refractivity contribution is 0.319. The Morgan fingerprint density at radius 3 is 2.90 bits per heavy atom. The van der Waals surface area contributed by atoms with Crippen molar-refractivity contribution in [1.29, 1.82) is 0 Å². The highest BCUT2D eigenvalue weighted by atomic mass is 32.2. The molecule has 3 N–H and O–H groups in total. The molecule has 2 aromatic carbocycles. The van der Waals surface area contributed by atoms with Crippen LogP contribution in [0.3, 0.4) is 0 Å². The third-order valence-electron chi connectivity index (χ3n) is 4.64. The van der Waals surface area contributed by atoms with Crippen molar-refractivity contribution < 1.29 is 9.13 Å². The maximum absolute atomic E-state index is 14.9. The number of hydrogen-bond donors (Lipinski definition) is 3. The number of benzene rings is 2. The molecule has 8 heteroatoms. The van der Waals surface area contributed by atoms with Crippen LogP contribution in [-0.4, -0.2) is 33.6 Å². The molecule has 4 aromatic rings. The predicted molar refractivity (Wildman–Crippen MR) is 127 cm³/mol. The van der Waals surface area contributed by atoms with Crippen LogP contribution in [-0.2, 0) is 0 Å². The van der Waals surface area contributed by atoms with E-state index < -0.39 is 0 Å². The second kappa shape index (κ2) is 9.70. The first-order valence-electron chi connectivity index (χ1n) is 9.99. The largest absolute Gasteiger partial charge is 0.493 e. The lowest BCUT2D eigenvalue weighted by Gasteiger charge is -2.11. The summed E-state index contributed by atoms with van der Waals surface area (Å²) in [5, 5.41) is 6.76. The smallest absolute Gasteiger partial charge is 0.229 e. The maximum Gasteiger partial charge on any atom is 0.229 e. The number of nitrogens with zero attached hydrogens (tertiary/aromatic N) is 2. The van der Waals surface area contributed by atoms with E-state index in [1.165, 1.54) is 0 Å². The average Bonchev–Trinajstić information content (AvgIpc) is 3.15. The zero-order valence-corrected chi connectivity index (χ0v) is 18.2. The molecule has 6 nitrogen and oxygen atoms in total. The van der Waals surface area contributed by atoms with Crippen molar-refractivity contribution in [3.8, 4) is 5.75 Å². The number of rotatable bonds is 9. The van der Waals surface area contributed by atoms with Gasteiger partial charge in [-0.05, 0) is 61.8 Å². The lowest BCUT2D eigenvalue weighted by Crippen LogP contribution is -2.02. The van der Waals surface area contributed by atoms with Gasteiger partial charge in [-0.3, -0.25) is 0 Å². The molecule has 0 aliphatic carbocycles. The SMILES string of the molecule is CSCCCOc1cccc(Nc2nccc(Nc3ccc4[nH]c(C)cc4c3F)n2)c1. The number of thioether (sulfide) groups is 1. The number of halogens is 1. The Labute approximate surface area is 184 Å². The highest BCUT2D eigenvalue weighted by molar-refractivity contribution is 7.98. The molecular weight excluding hydrogens is 413 g/mol. The van der Waals surface area contributed by atoms with Gasteiger partial charge in [-0.15, -0.1) is 0 Å². The van der Waals surface area contributed by atoms with Crippen LogP contribution in [0.2, 0.25) is 0 Å². The number of aryl methyl sites for hydroxylation is 1. The van der Waals surface area contributed by atoms with E-state index in [1.54, 1.807) is 36.2 Å². The second-order valence-electron chi connectivity index (χ2n) is 7.08. The molecule has 4 rings (SSSR count). The van der Waals surface area contributed by atoms with Gasteiger partial charge < -0.3 is 20.4 Å². The Morgan fingerprint density at radius 1 is 1.13 bits per heavy atom. The van der Waals surface area contributed by atoms with Gasteiger partial charge in [-0.2, -0.15) is 16.7 Å². The predicted octanol–water partition coefficient (Wildman–Crippen LogP) is 6.02. The Hall–Kier alpha value is -3.26. The van der Waals surface area contributed by atoms with E-state index in [-0.39, 0.29) is 5.82 Å². The number of nitrogens with one attached hydrogen (secondary N) is 3. The first kappa shape index (κ1) is 21.0. The molecule has 0 bridgehead atoms. The van der Waals surface area contributed by atoms with Crippen LogP contribution >= 0.6 is 11.8 Å². The quantitative estimate of drug-likeness (QED) is 0.278. The highest BCUT2D eigenvalue weighted by Gasteiger charge is 2.10. The summed E-state index contributed by atoms with van der Waals surface area (Å²) in [6.45, 7) is 2.58. The molecule has 0 spiro atoms. The van der Waals surface area contributed by atoms with Crippen LogP contribution in [0.25, 0.3) is 10.9 Å². The van der Waals surface area contributed by atoms with Crippen molar-refractivity contribution >= 4 is 45.8 Å². The Morgan fingerprint density at radius 2 is 2.03 bits per heavy atom. The Kier molecular flexibility index (Phi) is 6.57. The van der Waals surface area contributed by atoms with Gasteiger partial charge in [0.1, 0.15) is 11.6 Å². The van der Waals surface area contributed by atoms with Crippen molar-refractivity contribution in [1.82, 2.24) is 15.0 Å². The summed E-state index contributed by atoms with van der Waals surface area (Å²) in [7, 11) is 0. The Bertz CT molecular complexity index is 1180. The number of ether oxygens (including phenoxy) is 1. The van der Waals surface area contributed by atoms with Crippen molar-refractivity contribution in [2.24, 2.45) is 0 Å². The minimum absolute atomic E-state index is 0.318. The monoisotopic (exact) mass is 437 g/mol. The van der Waals surface area contributed by atoms with Crippen LogP contribution in [0.1, 0.15) is 12.1 Å². The van der Waals surface area contributed by atoms with Gasteiger partial charge in [0, 0.05) is 34.5 Å². The summed E-state index contributed by atoms with van der Waals surface area (Å²) in [5.41, 5.74) is 2.85. The van der Waals surface area contributed by atoms with E-state index in [0.29, 0.717) is 29.4 Å². The molecule has 160 valence electrons. The molecular formula is C23H24FN5OS. The average molecular weight is 438 g/mol. The van der Waals surface area contributed by atoms with E-state index in [1.807, 2.05) is 37.3 Å². The van der Waals surface area contributed by atoms with E-state index in [4.69, 9.17) is 4.74 Å². The van der Waals surface area contributed by atoms with Crippen LogP contribution in [0.5, 0.6) is 5.75 Å². The molecule has 0 atom stereocenters. The zero-order valence-electron chi connectivity index (χ0n) is 17.4. The first-order valence-corrected chi connectivity index (χ1v) is 11.4. The fourth-order valence-electron chi connectivity index (χ4n) is 3.22. The summed E-state index contributed by atoms with van der Waals surface area (Å²) in [6.07, 6.45) is 4.71. The van der Waals surface area contributed by atoms with E-state index in [9.17, 15) is 4.39 Å². The zero-order chi connectivity index (χ0) is 21.6. The third-order valence-corrected chi connectivity index (χ3v) is 5.34. The van der Waals surface area contributed by atoms with Gasteiger partial charge in [0.05, 0.1) is 12.3 Å². The topological polar surface area (TPSA) is 74.9 Å². The summed E-state index contributed by atoms with van der Waals surface area (Å²) in [5.74, 6) is 2.44. The van der Waals surface area contributed by atoms with E-state index in [2.05, 4.69) is 31.8 Å². The van der Waals surface area contributed by atoms with Crippen LogP contribution in [0, 0.1) is 12.7 Å². The molecule has 0 aliphatic heterocycles. The number of aromatic nitrogens is 3. The summed E-state index contributed by atoms with van der Waals surface area (Å²) in [6, 6.07) is 14.7. The van der Waals surface area contributed by atoms with Gasteiger partial charge >= 0.3 is 0 Å². The maximum atomic E-state index is 14.9. The van der Waals surface area contributed by atoms with Crippen LogP contribution in [0.15, 0.2) is 54.7 Å². The second-order valence-corrected chi connectivity index (χ2v) is 8.06. The Balaban J connectivity index is 1.46. The number of hydrogen-bond acceptors (Lipinski definition) is 6. The molecule has 31 heavy (non-hydrogen) atoms. The molecule has 0 fully saturated rings. The third kappa shape index (κ3) is 5.27. The highest BCUT2D eigenvalue weighted by Crippen LogP contribution is 2.27. The molecule has 0 radical (unpaired) electrons. The van der Waals surface area contributed by atoms with Gasteiger partial charge in [0.15, 0.2) is 5.82 Å². The molecule has 0 amide bonds. The number of anilines is 4. The lowest BCUT2D eigenvalue weighted by atomic mass is 10.2. The van der Waals surface area contributed by atoms with Crippen molar-refractivity contribution in [2.45, 2.75) is 13.3 Å². The van der Waals surface area contributed by atoms with Crippen LogP contribution < -0.4 is 15.4 Å². The fourth-order valence-corrected chi connectivity index (χ4v) is 3.62. The molecule has 2 heterocycles. The van der Waals surface area contributed by atoms with Gasteiger partial charge in [0.2, 0.25) is 5.95 Å². The van der Waals surface area contributed by atoms with Crippen molar-refractivity contribution in [3.05, 3.63) is 66.2 Å². The number of aromatic amines is 1. The molecule has 0 saturated carbocycles. The van der Waals surface area contributed by atoms with E-state index >= 15 is 0 Å². The summed E-state index contributed by atoms with van der Waals surface area (Å²) in [4.78, 5) is 11.9. The number of fused-ring (bicyclic) bond motifs is 1. The van der Waals surface area contributed by atoms with E-state index in [0.717, 1.165) is 34.8 Å². The van der Waals surface area contributed by atoms with Gasteiger partial charge in [-0.25, -0.2) is 9.37 Å². The van der Waals surface area contributed by atoms with Crippen LogP contribution in [0.4, 0.5) is 27.5 Å². The van der Waals surface area contributed by atoms with Crippen molar-refractivity contribution in [2.75, 3.05) is 29.2 Å². The molecule has 0 saturated heterocycles. The standard InChI is InChI=1S/C23H24FN5OS/c1-15-13-18-19(26-15)7-8-20(22(18)24)28-21-9-10-25-23(29-21)27-16-5-3-6-17(14-16)30-11-4-12-31-2/h3,5-10,13-14,26H,4,11-12H2,1-2H3,(H2,25,27,28,29). The summed E-state index contributed by atoms with van der Waals surface area (Å²) < 4.78 is 20.6. The van der Waals surface area contributed by atoms with Gasteiger partial charge in [-0.1, -0.05) is 6.07 Å². The normalized spacial score (nSPS) is 10.9. The minimum atomic E-state index is -0.318. The minimum Gasteiger partial charge on any atom is -0.493 e. The molecule has 0 aliphatic rings. The number of H-pyrrole nitrogens is 1. The molecule has 0 unspecified atom stereocenters.